The van der Waals surface area contributed by atoms with Gasteiger partial charge in [0.25, 0.3) is 0 Å². The molecule has 1 fully saturated rings. The molecule has 1 aliphatic heterocycles. The smallest absolute Gasteiger partial charge is 0.243 e. The number of benzene rings is 1. The van der Waals surface area contributed by atoms with Gasteiger partial charge in [0.15, 0.2) is 0 Å². The number of halogens is 1. The molecule has 24 heavy (non-hydrogen) atoms. The van der Waals surface area contributed by atoms with E-state index in [4.69, 9.17) is 16.3 Å². The van der Waals surface area contributed by atoms with E-state index in [1.165, 1.54) is 10.4 Å². The maximum absolute atomic E-state index is 12.8. The molecule has 128 valence electrons. The molecular weight excluding hydrogens is 348 g/mol. The number of hydrogen-bond acceptors (Lipinski definition) is 4. The molecule has 0 spiro atoms. The van der Waals surface area contributed by atoms with Gasteiger partial charge in [-0.05, 0) is 43.5 Å². The maximum Gasteiger partial charge on any atom is 0.243 e. The third kappa shape index (κ3) is 3.55. The van der Waals surface area contributed by atoms with Crippen molar-refractivity contribution in [2.24, 2.45) is 0 Å². The van der Waals surface area contributed by atoms with Gasteiger partial charge in [-0.15, -0.1) is 0 Å². The highest BCUT2D eigenvalue weighted by Gasteiger charge is 2.34. The number of aryl methyl sites for hydroxylation is 2. The summed E-state index contributed by atoms with van der Waals surface area (Å²) in [7, 11) is -3.58. The highest BCUT2D eigenvalue weighted by molar-refractivity contribution is 7.89. The van der Waals surface area contributed by atoms with Crippen molar-refractivity contribution in [3.8, 4) is 5.88 Å². The minimum absolute atomic E-state index is 0.200. The van der Waals surface area contributed by atoms with Gasteiger partial charge >= 0.3 is 0 Å². The molecule has 0 saturated carbocycles. The molecule has 1 unspecified atom stereocenters. The van der Waals surface area contributed by atoms with Crippen LogP contribution in [0.3, 0.4) is 0 Å². The third-order valence-corrected chi connectivity index (χ3v) is 6.29. The van der Waals surface area contributed by atoms with E-state index in [0.29, 0.717) is 36.0 Å². The Balaban J connectivity index is 1.74. The topological polar surface area (TPSA) is 59.5 Å². The molecule has 5 nitrogen and oxygen atoms in total. The Morgan fingerprint density at radius 1 is 1.25 bits per heavy atom. The minimum atomic E-state index is -3.58. The van der Waals surface area contributed by atoms with Crippen molar-refractivity contribution >= 4 is 21.6 Å². The Labute approximate surface area is 147 Å². The summed E-state index contributed by atoms with van der Waals surface area (Å²) in [6.07, 6.45) is 2.16. The molecule has 1 aliphatic rings. The van der Waals surface area contributed by atoms with Gasteiger partial charge in [0.2, 0.25) is 15.9 Å². The lowest BCUT2D eigenvalue weighted by Gasteiger charge is -2.18. The zero-order chi connectivity index (χ0) is 17.3. The predicted molar refractivity (Wildman–Crippen MR) is 93.0 cm³/mol. The number of rotatable bonds is 4. The maximum atomic E-state index is 12.8. The summed E-state index contributed by atoms with van der Waals surface area (Å²) in [4.78, 5) is 4.46. The average Bonchev–Trinajstić information content (AvgIpc) is 3.01. The van der Waals surface area contributed by atoms with Crippen LogP contribution in [0.25, 0.3) is 0 Å². The Hall–Kier alpha value is -1.63. The van der Waals surface area contributed by atoms with Crippen LogP contribution in [0.4, 0.5) is 0 Å². The summed E-state index contributed by atoms with van der Waals surface area (Å²) in [6, 6.07) is 8.63. The summed E-state index contributed by atoms with van der Waals surface area (Å²) >= 11 is 5.96. The monoisotopic (exact) mass is 366 g/mol. The Morgan fingerprint density at radius 2 is 2.04 bits per heavy atom. The standard InChI is InChI=1S/C17H19ClN2O3S/c1-12-3-6-17(19-10-12)23-15-7-8-20(11-15)24(21,22)16-9-14(18)5-4-13(16)2/h3-6,9-10,15H,7-8,11H2,1-2H3. The van der Waals surface area contributed by atoms with Gasteiger partial charge in [-0.25, -0.2) is 13.4 Å². The lowest BCUT2D eigenvalue weighted by Crippen LogP contribution is -2.31. The zero-order valence-corrected chi connectivity index (χ0v) is 15.1. The molecular formula is C17H19ClN2O3S. The third-order valence-electron chi connectivity index (χ3n) is 4.05. The summed E-state index contributed by atoms with van der Waals surface area (Å²) in [5.41, 5.74) is 1.73. The van der Waals surface area contributed by atoms with Gasteiger partial charge < -0.3 is 4.74 Å². The van der Waals surface area contributed by atoms with Gasteiger partial charge in [0, 0.05) is 23.8 Å². The van der Waals surface area contributed by atoms with E-state index in [-0.39, 0.29) is 11.0 Å². The fraction of sp³-hybridized carbons (Fsp3) is 0.353. The SMILES string of the molecule is Cc1ccc(OC2CCN(S(=O)(=O)c3cc(Cl)ccc3C)C2)nc1. The number of nitrogens with zero attached hydrogens (tertiary/aromatic N) is 2. The van der Waals surface area contributed by atoms with Crippen LogP contribution in [0.5, 0.6) is 5.88 Å². The zero-order valence-electron chi connectivity index (χ0n) is 13.6. The Morgan fingerprint density at radius 3 is 2.75 bits per heavy atom. The first-order valence-corrected chi connectivity index (χ1v) is 9.54. The van der Waals surface area contributed by atoms with Crippen LogP contribution in [0, 0.1) is 13.8 Å². The summed E-state index contributed by atoms with van der Waals surface area (Å²) in [6.45, 7) is 4.45. The first-order chi connectivity index (χ1) is 11.4. The number of sulfonamides is 1. The van der Waals surface area contributed by atoms with Gasteiger partial charge in [0.1, 0.15) is 6.10 Å². The normalized spacial score (nSPS) is 18.7. The van der Waals surface area contributed by atoms with Crippen LogP contribution in [-0.2, 0) is 10.0 Å². The lowest BCUT2D eigenvalue weighted by molar-refractivity contribution is 0.207. The molecule has 7 heteroatoms. The number of aromatic nitrogens is 1. The number of hydrogen-bond donors (Lipinski definition) is 0. The molecule has 0 radical (unpaired) electrons. The van der Waals surface area contributed by atoms with E-state index >= 15 is 0 Å². The Kier molecular flexibility index (Phi) is 4.80. The van der Waals surface area contributed by atoms with Gasteiger partial charge in [-0.3, -0.25) is 0 Å². The highest BCUT2D eigenvalue weighted by Crippen LogP contribution is 2.27. The molecule has 3 rings (SSSR count). The minimum Gasteiger partial charge on any atom is -0.473 e. The van der Waals surface area contributed by atoms with Crippen LogP contribution in [0.1, 0.15) is 17.5 Å². The molecule has 2 heterocycles. The van der Waals surface area contributed by atoms with Crippen molar-refractivity contribution in [1.29, 1.82) is 0 Å². The largest absolute Gasteiger partial charge is 0.473 e. The quantitative estimate of drug-likeness (QED) is 0.833. The van der Waals surface area contributed by atoms with Crippen LogP contribution >= 0.6 is 11.6 Å². The second kappa shape index (κ2) is 6.70. The van der Waals surface area contributed by atoms with Crippen molar-refractivity contribution < 1.29 is 13.2 Å². The molecule has 1 atom stereocenters. The fourth-order valence-electron chi connectivity index (χ4n) is 2.70. The van der Waals surface area contributed by atoms with E-state index in [2.05, 4.69) is 4.98 Å². The van der Waals surface area contributed by atoms with Gasteiger partial charge in [-0.2, -0.15) is 4.31 Å². The van der Waals surface area contributed by atoms with Crippen LogP contribution in [0.2, 0.25) is 5.02 Å². The van der Waals surface area contributed by atoms with Gasteiger partial charge in [-0.1, -0.05) is 23.7 Å². The summed E-state index contributed by atoms with van der Waals surface area (Å²) in [5, 5.41) is 0.412. The highest BCUT2D eigenvalue weighted by atomic mass is 35.5. The van der Waals surface area contributed by atoms with E-state index in [9.17, 15) is 8.42 Å². The predicted octanol–water partition coefficient (Wildman–Crippen LogP) is 3.19. The molecule has 0 N–H and O–H groups in total. The van der Waals surface area contributed by atoms with E-state index in [1.54, 1.807) is 31.3 Å². The van der Waals surface area contributed by atoms with Crippen molar-refractivity contribution in [2.75, 3.05) is 13.1 Å². The van der Waals surface area contributed by atoms with Crippen LogP contribution < -0.4 is 4.74 Å². The van der Waals surface area contributed by atoms with Crippen LogP contribution in [0.15, 0.2) is 41.4 Å². The van der Waals surface area contributed by atoms with Crippen molar-refractivity contribution in [3.63, 3.8) is 0 Å². The second-order valence-corrected chi connectivity index (χ2v) is 8.32. The molecule has 1 saturated heterocycles. The van der Waals surface area contributed by atoms with E-state index in [0.717, 1.165) is 5.56 Å². The molecule has 0 amide bonds. The Bertz CT molecular complexity index is 837. The van der Waals surface area contributed by atoms with Crippen molar-refractivity contribution in [3.05, 3.63) is 52.7 Å². The van der Waals surface area contributed by atoms with Gasteiger partial charge in [0.05, 0.1) is 11.4 Å². The second-order valence-electron chi connectivity index (χ2n) is 5.98. The van der Waals surface area contributed by atoms with Crippen molar-refractivity contribution in [2.45, 2.75) is 31.3 Å². The first-order valence-electron chi connectivity index (χ1n) is 7.72. The number of ether oxygens (including phenoxy) is 1. The molecule has 0 aliphatic carbocycles. The van der Waals surface area contributed by atoms with Crippen LogP contribution in [-0.4, -0.2) is 36.9 Å². The van der Waals surface area contributed by atoms with Crippen molar-refractivity contribution in [1.82, 2.24) is 9.29 Å². The molecule has 2 aromatic rings. The molecule has 1 aromatic carbocycles. The number of pyridine rings is 1. The fourth-order valence-corrected chi connectivity index (χ4v) is 4.67. The summed E-state index contributed by atoms with van der Waals surface area (Å²) in [5.74, 6) is 0.517. The van der Waals surface area contributed by atoms with E-state index in [1.807, 2.05) is 13.0 Å². The average molecular weight is 367 g/mol. The lowest BCUT2D eigenvalue weighted by atomic mass is 10.2. The molecule has 0 bridgehead atoms. The van der Waals surface area contributed by atoms with E-state index < -0.39 is 10.0 Å². The first kappa shape index (κ1) is 17.2. The summed E-state index contributed by atoms with van der Waals surface area (Å²) < 4.78 is 32.9. The molecule has 1 aromatic heterocycles.